The molecule has 0 aliphatic rings. The molecule has 0 unspecified atom stereocenters. The minimum atomic E-state index is -0.490. The number of ether oxygens (including phenoxy) is 2. The normalized spacial score (nSPS) is 9.81. The summed E-state index contributed by atoms with van der Waals surface area (Å²) in [5.41, 5.74) is 2.48. The number of carbonyl (C=O) groups is 1. The number of nitrogens with zero attached hydrogens (tertiary/aromatic N) is 1. The molecule has 0 fully saturated rings. The Labute approximate surface area is 123 Å². The average Bonchev–Trinajstić information content (AvgIpc) is 2.54. The van der Waals surface area contributed by atoms with Crippen molar-refractivity contribution < 1.29 is 14.3 Å². The van der Waals surface area contributed by atoms with Crippen LogP contribution in [0.2, 0.25) is 0 Å². The van der Waals surface area contributed by atoms with Crippen molar-refractivity contribution in [3.8, 4) is 5.88 Å². The summed E-state index contributed by atoms with van der Waals surface area (Å²) in [5.74, 6) is 0.590. The molecular weight excluding hydrogens is 270 g/mol. The van der Waals surface area contributed by atoms with Crippen LogP contribution in [0.3, 0.4) is 0 Å². The molecule has 1 aromatic heterocycles. The molecule has 1 aromatic carbocycles. The molecule has 1 amide bonds. The van der Waals surface area contributed by atoms with E-state index in [0.717, 1.165) is 11.4 Å². The predicted molar refractivity (Wildman–Crippen MR) is 80.6 cm³/mol. The minimum absolute atomic E-state index is 0.490. The summed E-state index contributed by atoms with van der Waals surface area (Å²) in [6, 6.07) is 12.9. The summed E-state index contributed by atoms with van der Waals surface area (Å²) < 4.78 is 9.61. The molecule has 0 aliphatic heterocycles. The summed E-state index contributed by atoms with van der Waals surface area (Å²) >= 11 is 0. The summed E-state index contributed by atoms with van der Waals surface area (Å²) in [5, 5.41) is 5.83. The second-order valence-corrected chi connectivity index (χ2v) is 4.22. The molecule has 0 saturated carbocycles. The lowest BCUT2D eigenvalue weighted by Gasteiger charge is -2.08. The molecule has 0 aliphatic carbocycles. The Kier molecular flexibility index (Phi) is 4.98. The molecule has 2 rings (SSSR count). The van der Waals surface area contributed by atoms with E-state index in [1.165, 1.54) is 7.11 Å². The van der Waals surface area contributed by atoms with E-state index in [1.807, 2.05) is 24.3 Å². The maximum Gasteiger partial charge on any atom is 0.411 e. The Balaban J connectivity index is 1.92. The fourth-order valence-corrected chi connectivity index (χ4v) is 1.70. The lowest BCUT2D eigenvalue weighted by Crippen LogP contribution is -2.10. The second kappa shape index (κ2) is 7.14. The van der Waals surface area contributed by atoms with Crippen molar-refractivity contribution in [1.82, 2.24) is 4.98 Å². The minimum Gasteiger partial charge on any atom is -0.481 e. The van der Waals surface area contributed by atoms with Gasteiger partial charge < -0.3 is 14.8 Å². The van der Waals surface area contributed by atoms with Gasteiger partial charge in [0.15, 0.2) is 0 Å². The van der Waals surface area contributed by atoms with Crippen molar-refractivity contribution in [1.29, 1.82) is 0 Å². The second-order valence-electron chi connectivity index (χ2n) is 4.22. The number of aromatic nitrogens is 1. The molecule has 1 heterocycles. The first-order valence-electron chi connectivity index (χ1n) is 6.40. The summed E-state index contributed by atoms with van der Waals surface area (Å²) in [7, 11) is 2.92. The van der Waals surface area contributed by atoms with E-state index in [4.69, 9.17) is 4.74 Å². The molecule has 6 nitrogen and oxygen atoms in total. The van der Waals surface area contributed by atoms with Gasteiger partial charge in [-0.2, -0.15) is 0 Å². The lowest BCUT2D eigenvalue weighted by molar-refractivity contribution is 0.187. The molecule has 6 heteroatoms. The smallest absolute Gasteiger partial charge is 0.411 e. The van der Waals surface area contributed by atoms with Crippen LogP contribution in [0.4, 0.5) is 16.2 Å². The van der Waals surface area contributed by atoms with E-state index in [2.05, 4.69) is 20.4 Å². The fourth-order valence-electron chi connectivity index (χ4n) is 1.70. The van der Waals surface area contributed by atoms with Crippen LogP contribution in [0.1, 0.15) is 5.69 Å². The molecule has 2 aromatic rings. The molecule has 0 bridgehead atoms. The van der Waals surface area contributed by atoms with Crippen molar-refractivity contribution in [2.24, 2.45) is 0 Å². The van der Waals surface area contributed by atoms with Gasteiger partial charge in [-0.1, -0.05) is 6.07 Å². The lowest BCUT2D eigenvalue weighted by atomic mass is 10.2. The SMILES string of the molecule is COC(=O)Nc1ccc(NCc2cccc(OC)n2)cc1. The highest BCUT2D eigenvalue weighted by Crippen LogP contribution is 2.15. The summed E-state index contributed by atoms with van der Waals surface area (Å²) in [6.45, 7) is 0.584. The van der Waals surface area contributed by atoms with Gasteiger partial charge in [-0.25, -0.2) is 9.78 Å². The molecule has 0 saturated heterocycles. The van der Waals surface area contributed by atoms with E-state index in [1.54, 1.807) is 25.3 Å². The quantitative estimate of drug-likeness (QED) is 0.884. The van der Waals surface area contributed by atoms with Crippen LogP contribution in [-0.4, -0.2) is 25.3 Å². The fraction of sp³-hybridized carbons (Fsp3) is 0.200. The van der Waals surface area contributed by atoms with Gasteiger partial charge in [0.2, 0.25) is 5.88 Å². The molecule has 21 heavy (non-hydrogen) atoms. The number of amides is 1. The van der Waals surface area contributed by atoms with Gasteiger partial charge in [0.05, 0.1) is 26.5 Å². The van der Waals surface area contributed by atoms with Gasteiger partial charge >= 0.3 is 6.09 Å². The number of hydrogen-bond acceptors (Lipinski definition) is 5. The third-order valence-corrected chi connectivity index (χ3v) is 2.78. The zero-order valence-electron chi connectivity index (χ0n) is 11.9. The van der Waals surface area contributed by atoms with Crippen LogP contribution < -0.4 is 15.4 Å². The van der Waals surface area contributed by atoms with Crippen LogP contribution in [0.5, 0.6) is 5.88 Å². The highest BCUT2D eigenvalue weighted by atomic mass is 16.5. The number of pyridine rings is 1. The summed E-state index contributed by atoms with van der Waals surface area (Å²) in [6.07, 6.45) is -0.490. The Morgan fingerprint density at radius 1 is 1.10 bits per heavy atom. The maximum atomic E-state index is 11.1. The predicted octanol–water partition coefficient (Wildman–Crippen LogP) is 2.88. The van der Waals surface area contributed by atoms with Crippen LogP contribution in [0, 0.1) is 0 Å². The average molecular weight is 287 g/mol. The Morgan fingerprint density at radius 2 is 1.81 bits per heavy atom. The van der Waals surface area contributed by atoms with Gasteiger partial charge in [-0.3, -0.25) is 5.32 Å². The zero-order valence-corrected chi connectivity index (χ0v) is 11.9. The third kappa shape index (κ3) is 4.38. The first kappa shape index (κ1) is 14.6. The number of hydrogen-bond donors (Lipinski definition) is 2. The van der Waals surface area contributed by atoms with Crippen molar-refractivity contribution in [2.75, 3.05) is 24.9 Å². The van der Waals surface area contributed by atoms with E-state index >= 15 is 0 Å². The van der Waals surface area contributed by atoms with Gasteiger partial charge in [0.1, 0.15) is 0 Å². The highest BCUT2D eigenvalue weighted by Gasteiger charge is 2.01. The van der Waals surface area contributed by atoms with Crippen molar-refractivity contribution in [3.63, 3.8) is 0 Å². The van der Waals surface area contributed by atoms with Crippen LogP contribution >= 0.6 is 0 Å². The van der Waals surface area contributed by atoms with Crippen LogP contribution in [-0.2, 0) is 11.3 Å². The van der Waals surface area contributed by atoms with E-state index in [-0.39, 0.29) is 0 Å². The monoisotopic (exact) mass is 287 g/mol. The van der Waals surface area contributed by atoms with Gasteiger partial charge in [0, 0.05) is 17.4 Å². The topological polar surface area (TPSA) is 72.5 Å². The van der Waals surface area contributed by atoms with Crippen molar-refractivity contribution in [2.45, 2.75) is 6.54 Å². The molecule has 2 N–H and O–H groups in total. The van der Waals surface area contributed by atoms with Gasteiger partial charge in [-0.15, -0.1) is 0 Å². The van der Waals surface area contributed by atoms with Crippen LogP contribution in [0.25, 0.3) is 0 Å². The van der Waals surface area contributed by atoms with Gasteiger partial charge in [-0.05, 0) is 30.3 Å². The summed E-state index contributed by atoms with van der Waals surface area (Å²) in [4.78, 5) is 15.4. The largest absolute Gasteiger partial charge is 0.481 e. The number of carbonyl (C=O) groups excluding carboxylic acids is 1. The number of benzene rings is 1. The molecule has 0 spiro atoms. The molecule has 110 valence electrons. The van der Waals surface area contributed by atoms with E-state index in [0.29, 0.717) is 18.1 Å². The number of rotatable bonds is 5. The van der Waals surface area contributed by atoms with Crippen molar-refractivity contribution in [3.05, 3.63) is 48.2 Å². The number of nitrogens with one attached hydrogen (secondary N) is 2. The number of anilines is 2. The Morgan fingerprint density at radius 3 is 2.48 bits per heavy atom. The number of methoxy groups -OCH3 is 2. The molecule has 0 atom stereocenters. The zero-order chi connectivity index (χ0) is 15.1. The molecular formula is C15H17N3O3. The first-order valence-corrected chi connectivity index (χ1v) is 6.40. The van der Waals surface area contributed by atoms with Crippen molar-refractivity contribution >= 4 is 17.5 Å². The standard InChI is InChI=1S/C15H17N3O3/c1-20-14-5-3-4-13(17-14)10-16-11-6-8-12(9-7-11)18-15(19)21-2/h3-9,16H,10H2,1-2H3,(H,18,19). The van der Waals surface area contributed by atoms with Gasteiger partial charge in [0.25, 0.3) is 0 Å². The maximum absolute atomic E-state index is 11.1. The highest BCUT2D eigenvalue weighted by molar-refractivity contribution is 5.84. The van der Waals surface area contributed by atoms with Crippen LogP contribution in [0.15, 0.2) is 42.5 Å². The van der Waals surface area contributed by atoms with E-state index < -0.39 is 6.09 Å². The third-order valence-electron chi connectivity index (χ3n) is 2.78. The van der Waals surface area contributed by atoms with E-state index in [9.17, 15) is 4.79 Å². The Bertz CT molecular complexity index is 599. The Hall–Kier alpha value is -2.76. The molecule has 0 radical (unpaired) electrons. The first-order chi connectivity index (χ1) is 10.2.